The maximum atomic E-state index is 12.4. The lowest BCUT2D eigenvalue weighted by Crippen LogP contribution is -2.15. The number of anilines is 1. The molecule has 1 N–H and O–H groups in total. The minimum absolute atomic E-state index is 0.198. The number of carbonyl (C=O) groups is 1. The second-order valence-electron chi connectivity index (χ2n) is 5.56. The third-order valence-electron chi connectivity index (χ3n) is 3.88. The van der Waals surface area contributed by atoms with Gasteiger partial charge < -0.3 is 5.32 Å². The van der Waals surface area contributed by atoms with E-state index >= 15 is 0 Å². The smallest absolute Gasteiger partial charge is 0.259 e. The number of nitrogens with zero attached hydrogens (tertiary/aromatic N) is 2. The molecule has 1 aromatic heterocycles. The molecular formula is C20H19N3O. The van der Waals surface area contributed by atoms with Gasteiger partial charge in [-0.1, -0.05) is 49.4 Å². The minimum atomic E-state index is -0.198. The summed E-state index contributed by atoms with van der Waals surface area (Å²) in [5, 5.41) is 2.89. The van der Waals surface area contributed by atoms with Crippen molar-refractivity contribution < 1.29 is 4.79 Å². The molecule has 3 aromatic rings. The second-order valence-corrected chi connectivity index (χ2v) is 5.56. The number of nitrogens with one attached hydrogen (secondary N) is 1. The van der Waals surface area contributed by atoms with Crippen molar-refractivity contribution in [3.8, 4) is 11.4 Å². The maximum Gasteiger partial charge on any atom is 0.259 e. The average molecular weight is 317 g/mol. The Bertz CT molecular complexity index is 843. The lowest BCUT2D eigenvalue weighted by atomic mass is 10.1. The van der Waals surface area contributed by atoms with Crippen molar-refractivity contribution in [3.05, 3.63) is 77.6 Å². The fraction of sp³-hybridized carbons (Fsp3) is 0.150. The molecule has 0 atom stereocenters. The molecular weight excluding hydrogens is 298 g/mol. The molecule has 0 aliphatic carbocycles. The average Bonchev–Trinajstić information content (AvgIpc) is 2.63. The van der Waals surface area contributed by atoms with Gasteiger partial charge in [0.25, 0.3) is 5.91 Å². The van der Waals surface area contributed by atoms with Crippen LogP contribution in [0.4, 0.5) is 5.69 Å². The predicted octanol–water partition coefficient (Wildman–Crippen LogP) is 4.27. The Labute approximate surface area is 141 Å². The standard InChI is InChI=1S/C20H19N3O/c1-3-15-9-11-17(12-10-15)23-20(24)18-13-21-19(22-14(18)2)16-7-5-4-6-8-16/h4-13H,3H2,1-2H3,(H,23,24). The number of hydrogen-bond acceptors (Lipinski definition) is 3. The zero-order valence-corrected chi connectivity index (χ0v) is 13.8. The van der Waals surface area contributed by atoms with Crippen LogP contribution in [0.2, 0.25) is 0 Å². The van der Waals surface area contributed by atoms with Crippen LogP contribution in [0.3, 0.4) is 0 Å². The Morgan fingerprint density at radius 2 is 1.75 bits per heavy atom. The summed E-state index contributed by atoms with van der Waals surface area (Å²) in [6, 6.07) is 17.6. The van der Waals surface area contributed by atoms with Gasteiger partial charge in [0.05, 0.1) is 11.3 Å². The molecule has 0 saturated heterocycles. The molecule has 1 heterocycles. The third-order valence-corrected chi connectivity index (χ3v) is 3.88. The number of aryl methyl sites for hydroxylation is 2. The highest BCUT2D eigenvalue weighted by Crippen LogP contribution is 2.17. The van der Waals surface area contributed by atoms with E-state index in [0.29, 0.717) is 17.1 Å². The summed E-state index contributed by atoms with van der Waals surface area (Å²) in [4.78, 5) is 21.2. The summed E-state index contributed by atoms with van der Waals surface area (Å²) in [5.41, 5.74) is 4.08. The molecule has 4 heteroatoms. The summed E-state index contributed by atoms with van der Waals surface area (Å²) in [6.07, 6.45) is 2.56. The van der Waals surface area contributed by atoms with Gasteiger partial charge in [-0.3, -0.25) is 4.79 Å². The van der Waals surface area contributed by atoms with Gasteiger partial charge in [-0.2, -0.15) is 0 Å². The number of hydrogen-bond donors (Lipinski definition) is 1. The molecule has 120 valence electrons. The van der Waals surface area contributed by atoms with Crippen molar-refractivity contribution in [3.63, 3.8) is 0 Å². The largest absolute Gasteiger partial charge is 0.322 e. The SMILES string of the molecule is CCc1ccc(NC(=O)c2cnc(-c3ccccc3)nc2C)cc1. The van der Waals surface area contributed by atoms with E-state index in [4.69, 9.17) is 0 Å². The summed E-state index contributed by atoms with van der Waals surface area (Å²) in [6.45, 7) is 3.92. The van der Waals surface area contributed by atoms with Crippen molar-refractivity contribution in [1.29, 1.82) is 0 Å². The number of aromatic nitrogens is 2. The van der Waals surface area contributed by atoms with Gasteiger partial charge in [-0.25, -0.2) is 9.97 Å². The molecule has 2 aromatic carbocycles. The monoisotopic (exact) mass is 317 g/mol. The highest BCUT2D eigenvalue weighted by Gasteiger charge is 2.12. The highest BCUT2D eigenvalue weighted by atomic mass is 16.1. The predicted molar refractivity (Wildman–Crippen MR) is 96.0 cm³/mol. The van der Waals surface area contributed by atoms with Crippen LogP contribution < -0.4 is 5.32 Å². The Hall–Kier alpha value is -3.01. The van der Waals surface area contributed by atoms with Crippen LogP contribution in [0.25, 0.3) is 11.4 Å². The molecule has 3 rings (SSSR count). The van der Waals surface area contributed by atoms with Crippen LogP contribution in [0.5, 0.6) is 0 Å². The Morgan fingerprint density at radius 3 is 2.38 bits per heavy atom. The number of benzene rings is 2. The van der Waals surface area contributed by atoms with Gasteiger partial charge in [-0.15, -0.1) is 0 Å². The first-order valence-corrected chi connectivity index (χ1v) is 7.96. The van der Waals surface area contributed by atoms with Crippen molar-refractivity contribution in [2.45, 2.75) is 20.3 Å². The summed E-state index contributed by atoms with van der Waals surface area (Å²) in [7, 11) is 0. The van der Waals surface area contributed by atoms with Gasteiger partial charge in [0.2, 0.25) is 0 Å². The quantitative estimate of drug-likeness (QED) is 0.782. The van der Waals surface area contributed by atoms with Gasteiger partial charge in [0.1, 0.15) is 0 Å². The highest BCUT2D eigenvalue weighted by molar-refractivity contribution is 6.04. The fourth-order valence-electron chi connectivity index (χ4n) is 2.44. The minimum Gasteiger partial charge on any atom is -0.322 e. The number of carbonyl (C=O) groups excluding carboxylic acids is 1. The molecule has 0 radical (unpaired) electrons. The van der Waals surface area contributed by atoms with E-state index in [1.165, 1.54) is 5.56 Å². The third kappa shape index (κ3) is 3.49. The first-order chi connectivity index (χ1) is 11.7. The van der Waals surface area contributed by atoms with Crippen molar-refractivity contribution in [2.75, 3.05) is 5.32 Å². The second kappa shape index (κ2) is 7.04. The zero-order valence-electron chi connectivity index (χ0n) is 13.8. The van der Waals surface area contributed by atoms with E-state index in [2.05, 4.69) is 22.2 Å². The molecule has 0 spiro atoms. The zero-order chi connectivity index (χ0) is 16.9. The number of rotatable bonds is 4. The van der Waals surface area contributed by atoms with E-state index in [1.807, 2.05) is 61.5 Å². The van der Waals surface area contributed by atoms with Gasteiger partial charge >= 0.3 is 0 Å². The molecule has 4 nitrogen and oxygen atoms in total. The van der Waals surface area contributed by atoms with E-state index in [1.54, 1.807) is 6.20 Å². The van der Waals surface area contributed by atoms with Crippen LogP contribution in [-0.2, 0) is 6.42 Å². The van der Waals surface area contributed by atoms with Crippen LogP contribution in [0.1, 0.15) is 28.5 Å². The van der Waals surface area contributed by atoms with E-state index < -0.39 is 0 Å². The molecule has 24 heavy (non-hydrogen) atoms. The van der Waals surface area contributed by atoms with E-state index in [0.717, 1.165) is 17.7 Å². The van der Waals surface area contributed by atoms with Crippen LogP contribution in [0, 0.1) is 6.92 Å². The first kappa shape index (κ1) is 15.9. The number of amides is 1. The van der Waals surface area contributed by atoms with Gasteiger partial charge in [0.15, 0.2) is 5.82 Å². The van der Waals surface area contributed by atoms with Gasteiger partial charge in [0, 0.05) is 17.4 Å². The summed E-state index contributed by atoms with van der Waals surface area (Å²) >= 11 is 0. The van der Waals surface area contributed by atoms with Crippen molar-refractivity contribution >= 4 is 11.6 Å². The Balaban J connectivity index is 1.80. The van der Waals surface area contributed by atoms with E-state index in [9.17, 15) is 4.79 Å². The van der Waals surface area contributed by atoms with Gasteiger partial charge in [-0.05, 0) is 31.0 Å². The summed E-state index contributed by atoms with van der Waals surface area (Å²) < 4.78 is 0. The normalized spacial score (nSPS) is 10.4. The van der Waals surface area contributed by atoms with Crippen molar-refractivity contribution in [1.82, 2.24) is 9.97 Å². The van der Waals surface area contributed by atoms with Crippen LogP contribution >= 0.6 is 0 Å². The summed E-state index contributed by atoms with van der Waals surface area (Å²) in [5.74, 6) is 0.424. The van der Waals surface area contributed by atoms with Crippen LogP contribution in [0.15, 0.2) is 60.8 Å². The fourth-order valence-corrected chi connectivity index (χ4v) is 2.44. The molecule has 0 saturated carbocycles. The van der Waals surface area contributed by atoms with Crippen molar-refractivity contribution in [2.24, 2.45) is 0 Å². The molecule has 0 aliphatic rings. The lowest BCUT2D eigenvalue weighted by molar-refractivity contribution is 0.102. The van der Waals surface area contributed by atoms with E-state index in [-0.39, 0.29) is 5.91 Å². The lowest BCUT2D eigenvalue weighted by Gasteiger charge is -2.09. The first-order valence-electron chi connectivity index (χ1n) is 7.96. The molecule has 0 fully saturated rings. The van der Waals surface area contributed by atoms with Crippen LogP contribution in [-0.4, -0.2) is 15.9 Å². The Kier molecular flexibility index (Phi) is 4.66. The topological polar surface area (TPSA) is 54.9 Å². The Morgan fingerprint density at radius 1 is 1.04 bits per heavy atom. The molecule has 0 unspecified atom stereocenters. The molecule has 1 amide bonds. The molecule has 0 aliphatic heterocycles. The molecule has 0 bridgehead atoms. The maximum absolute atomic E-state index is 12.4.